The summed E-state index contributed by atoms with van der Waals surface area (Å²) in [6, 6.07) is 5.15. The summed E-state index contributed by atoms with van der Waals surface area (Å²) in [6.45, 7) is 0.661. The van der Waals surface area contributed by atoms with Crippen LogP contribution in [-0.2, 0) is 6.42 Å². The first-order valence-electron chi connectivity index (χ1n) is 5.54. The van der Waals surface area contributed by atoms with E-state index in [0.29, 0.717) is 6.54 Å². The Bertz CT molecular complexity index is 482. The molecule has 0 spiro atoms. The molecule has 0 aliphatic heterocycles. The molecular weight excluding hydrogens is 203 g/mol. The summed E-state index contributed by atoms with van der Waals surface area (Å²) in [4.78, 5) is 4.04. The average molecular weight is 218 g/mol. The number of nitrogens with zero attached hydrogens (tertiary/aromatic N) is 1. The molecule has 0 amide bonds. The van der Waals surface area contributed by atoms with Crippen molar-refractivity contribution in [2.45, 2.75) is 19.3 Å². The van der Waals surface area contributed by atoms with Crippen LogP contribution in [0.4, 0.5) is 4.39 Å². The average Bonchev–Trinajstić information content (AvgIpc) is 2.32. The fraction of sp³-hybridized carbons (Fsp3) is 0.308. The molecule has 0 radical (unpaired) electrons. The highest BCUT2D eigenvalue weighted by molar-refractivity contribution is 5.84. The van der Waals surface area contributed by atoms with Gasteiger partial charge in [-0.15, -0.1) is 0 Å². The molecule has 0 aliphatic rings. The van der Waals surface area contributed by atoms with Crippen molar-refractivity contribution < 1.29 is 4.39 Å². The molecule has 3 heteroatoms. The predicted octanol–water partition coefficient (Wildman–Crippen LogP) is 2.66. The van der Waals surface area contributed by atoms with Crippen molar-refractivity contribution in [2.75, 3.05) is 6.54 Å². The van der Waals surface area contributed by atoms with Crippen molar-refractivity contribution in [1.82, 2.24) is 4.98 Å². The van der Waals surface area contributed by atoms with Gasteiger partial charge in [0.05, 0.1) is 0 Å². The summed E-state index contributed by atoms with van der Waals surface area (Å²) >= 11 is 0. The van der Waals surface area contributed by atoms with Crippen molar-refractivity contribution in [3.8, 4) is 0 Å². The zero-order chi connectivity index (χ0) is 11.4. The maximum Gasteiger partial charge on any atom is 0.127 e. The lowest BCUT2D eigenvalue weighted by Crippen LogP contribution is -2.00. The quantitative estimate of drug-likeness (QED) is 0.801. The third kappa shape index (κ3) is 2.19. The first-order valence-corrected chi connectivity index (χ1v) is 5.54. The summed E-state index contributed by atoms with van der Waals surface area (Å²) in [5.41, 5.74) is 6.23. The fourth-order valence-corrected chi connectivity index (χ4v) is 1.91. The van der Waals surface area contributed by atoms with Gasteiger partial charge in [-0.2, -0.15) is 0 Å². The third-order valence-corrected chi connectivity index (χ3v) is 2.76. The van der Waals surface area contributed by atoms with Gasteiger partial charge in [0.2, 0.25) is 0 Å². The van der Waals surface area contributed by atoms with E-state index < -0.39 is 0 Å². The van der Waals surface area contributed by atoms with E-state index in [1.54, 1.807) is 18.5 Å². The van der Waals surface area contributed by atoms with Gasteiger partial charge in [0, 0.05) is 17.8 Å². The van der Waals surface area contributed by atoms with E-state index in [9.17, 15) is 4.39 Å². The van der Waals surface area contributed by atoms with Gasteiger partial charge in [-0.3, -0.25) is 4.98 Å². The number of pyridine rings is 1. The number of hydrogen-bond acceptors (Lipinski definition) is 2. The van der Waals surface area contributed by atoms with Crippen LogP contribution in [0.5, 0.6) is 0 Å². The van der Waals surface area contributed by atoms with Crippen LogP contribution in [0.15, 0.2) is 30.6 Å². The summed E-state index contributed by atoms with van der Waals surface area (Å²) in [5.74, 6) is -0.129. The number of halogens is 1. The van der Waals surface area contributed by atoms with Gasteiger partial charge in [-0.25, -0.2) is 4.39 Å². The lowest BCUT2D eigenvalue weighted by Gasteiger charge is -2.07. The van der Waals surface area contributed by atoms with Crippen LogP contribution in [0.1, 0.15) is 18.4 Å². The fourth-order valence-electron chi connectivity index (χ4n) is 1.91. The zero-order valence-electron chi connectivity index (χ0n) is 9.12. The maximum absolute atomic E-state index is 13.7. The molecule has 16 heavy (non-hydrogen) atoms. The molecule has 0 unspecified atom stereocenters. The van der Waals surface area contributed by atoms with E-state index in [1.165, 1.54) is 6.07 Å². The largest absolute Gasteiger partial charge is 0.330 e. The van der Waals surface area contributed by atoms with Gasteiger partial charge in [0.15, 0.2) is 0 Å². The molecule has 2 rings (SSSR count). The van der Waals surface area contributed by atoms with Gasteiger partial charge in [-0.1, -0.05) is 0 Å². The van der Waals surface area contributed by atoms with Crippen LogP contribution in [0.3, 0.4) is 0 Å². The molecular formula is C13H15FN2. The second-order valence-electron chi connectivity index (χ2n) is 3.87. The molecule has 0 atom stereocenters. The van der Waals surface area contributed by atoms with Gasteiger partial charge >= 0.3 is 0 Å². The lowest BCUT2D eigenvalue weighted by molar-refractivity contribution is 0.604. The number of benzene rings is 1. The van der Waals surface area contributed by atoms with Crippen LogP contribution < -0.4 is 5.73 Å². The second kappa shape index (κ2) is 5.03. The second-order valence-corrected chi connectivity index (χ2v) is 3.87. The lowest BCUT2D eigenvalue weighted by atomic mass is 10.0. The van der Waals surface area contributed by atoms with Gasteiger partial charge in [0.1, 0.15) is 5.82 Å². The molecule has 2 aromatic rings. The minimum absolute atomic E-state index is 0.129. The Balaban J connectivity index is 2.37. The van der Waals surface area contributed by atoms with Gasteiger partial charge in [-0.05, 0) is 55.0 Å². The zero-order valence-corrected chi connectivity index (χ0v) is 9.12. The minimum Gasteiger partial charge on any atom is -0.330 e. The van der Waals surface area contributed by atoms with Crippen LogP contribution in [-0.4, -0.2) is 11.5 Å². The standard InChI is InChI=1S/C13H15FN2/c14-13-5-4-10-9-16-8-6-11(10)12(13)3-1-2-7-15/h4-6,8-9H,1-3,7,15H2. The summed E-state index contributed by atoms with van der Waals surface area (Å²) < 4.78 is 13.7. The maximum atomic E-state index is 13.7. The van der Waals surface area contributed by atoms with Crippen molar-refractivity contribution in [3.05, 3.63) is 42.0 Å². The SMILES string of the molecule is NCCCCc1c(F)ccc2cnccc12. The molecule has 2 N–H and O–H groups in total. The number of unbranched alkanes of at least 4 members (excludes halogenated alkanes) is 1. The Morgan fingerprint density at radius 3 is 2.88 bits per heavy atom. The highest BCUT2D eigenvalue weighted by Crippen LogP contribution is 2.22. The number of nitrogens with two attached hydrogens (primary N) is 1. The number of aryl methyl sites for hydroxylation is 1. The van der Waals surface area contributed by atoms with E-state index >= 15 is 0 Å². The Morgan fingerprint density at radius 2 is 2.06 bits per heavy atom. The van der Waals surface area contributed by atoms with E-state index in [2.05, 4.69) is 4.98 Å². The van der Waals surface area contributed by atoms with Crippen molar-refractivity contribution in [2.24, 2.45) is 5.73 Å². The van der Waals surface area contributed by atoms with E-state index in [-0.39, 0.29) is 5.82 Å². The normalized spacial score (nSPS) is 10.9. The van der Waals surface area contributed by atoms with E-state index in [1.807, 2.05) is 6.07 Å². The first-order chi connectivity index (χ1) is 7.83. The Kier molecular flexibility index (Phi) is 3.47. The first kappa shape index (κ1) is 11.0. The smallest absolute Gasteiger partial charge is 0.127 e. The number of aromatic nitrogens is 1. The molecule has 84 valence electrons. The summed E-state index contributed by atoms with van der Waals surface area (Å²) in [5, 5.41) is 1.96. The molecule has 2 nitrogen and oxygen atoms in total. The van der Waals surface area contributed by atoms with Gasteiger partial charge < -0.3 is 5.73 Å². The molecule has 0 bridgehead atoms. The van der Waals surface area contributed by atoms with Crippen molar-refractivity contribution in [3.63, 3.8) is 0 Å². The van der Waals surface area contributed by atoms with Crippen LogP contribution in [0, 0.1) is 5.82 Å². The molecule has 1 aromatic carbocycles. The minimum atomic E-state index is -0.129. The molecule has 0 saturated heterocycles. The summed E-state index contributed by atoms with van der Waals surface area (Å²) in [7, 11) is 0. The number of hydrogen-bond donors (Lipinski definition) is 1. The monoisotopic (exact) mass is 218 g/mol. The number of fused-ring (bicyclic) bond motifs is 1. The van der Waals surface area contributed by atoms with Crippen molar-refractivity contribution in [1.29, 1.82) is 0 Å². The molecule has 1 heterocycles. The summed E-state index contributed by atoms with van der Waals surface area (Å²) in [6.07, 6.45) is 6.07. The Morgan fingerprint density at radius 1 is 1.19 bits per heavy atom. The third-order valence-electron chi connectivity index (χ3n) is 2.76. The highest BCUT2D eigenvalue weighted by atomic mass is 19.1. The molecule has 0 fully saturated rings. The topological polar surface area (TPSA) is 38.9 Å². The molecule has 0 saturated carbocycles. The van der Waals surface area contributed by atoms with Crippen LogP contribution in [0.25, 0.3) is 10.8 Å². The van der Waals surface area contributed by atoms with Crippen LogP contribution in [0.2, 0.25) is 0 Å². The molecule has 0 aliphatic carbocycles. The van der Waals surface area contributed by atoms with E-state index in [0.717, 1.165) is 35.6 Å². The Labute approximate surface area is 94.3 Å². The predicted molar refractivity (Wildman–Crippen MR) is 63.7 cm³/mol. The molecule has 1 aromatic heterocycles. The van der Waals surface area contributed by atoms with Gasteiger partial charge in [0.25, 0.3) is 0 Å². The van der Waals surface area contributed by atoms with Crippen LogP contribution >= 0.6 is 0 Å². The van der Waals surface area contributed by atoms with E-state index in [4.69, 9.17) is 5.73 Å². The number of rotatable bonds is 4. The Hall–Kier alpha value is -1.48. The van der Waals surface area contributed by atoms with Crippen molar-refractivity contribution >= 4 is 10.8 Å². The highest BCUT2D eigenvalue weighted by Gasteiger charge is 2.06.